The summed E-state index contributed by atoms with van der Waals surface area (Å²) in [4.78, 5) is 0. The van der Waals surface area contributed by atoms with Crippen LogP contribution in [0.5, 0.6) is 0 Å². The van der Waals surface area contributed by atoms with E-state index in [2.05, 4.69) is 0 Å². The van der Waals surface area contributed by atoms with Gasteiger partial charge in [0.1, 0.15) is 0 Å². The van der Waals surface area contributed by atoms with E-state index in [9.17, 15) is 0 Å². The van der Waals surface area contributed by atoms with Crippen molar-refractivity contribution in [3.63, 3.8) is 0 Å². The maximum absolute atomic E-state index is 6.89. The van der Waals surface area contributed by atoms with Crippen molar-refractivity contribution in [3.8, 4) is 0 Å². The third-order valence-corrected chi connectivity index (χ3v) is 2.87. The van der Waals surface area contributed by atoms with E-state index in [0.717, 1.165) is 0 Å². The van der Waals surface area contributed by atoms with E-state index in [1.165, 1.54) is 0 Å². The minimum Gasteiger partial charge on any atom is -0.677 e. The van der Waals surface area contributed by atoms with Crippen molar-refractivity contribution in [2.75, 3.05) is 39.3 Å². The maximum Gasteiger partial charge on any atom is 0 e. The van der Waals surface area contributed by atoms with Crippen molar-refractivity contribution >= 4 is 0 Å². The van der Waals surface area contributed by atoms with Gasteiger partial charge in [0.15, 0.2) is 0 Å². The van der Waals surface area contributed by atoms with E-state index < -0.39 is 0 Å². The fourth-order valence-corrected chi connectivity index (χ4v) is 0.187. The van der Waals surface area contributed by atoms with Crippen LogP contribution in [0.4, 0.5) is 0 Å². The van der Waals surface area contributed by atoms with Crippen LogP contribution in [0.2, 0.25) is 0 Å². The third kappa shape index (κ3) is 22.5. The first-order valence-electron chi connectivity index (χ1n) is 7.24. The molecule has 141 valence electrons. The van der Waals surface area contributed by atoms with Gasteiger partial charge >= 0.3 is 0 Å². The fourth-order valence-electron chi connectivity index (χ4n) is 0.187. The summed E-state index contributed by atoms with van der Waals surface area (Å²) >= 11 is 0. The molecule has 0 bridgehead atoms. The summed E-state index contributed by atoms with van der Waals surface area (Å²) in [6.45, 7) is 13.7. The van der Waals surface area contributed by atoms with Gasteiger partial charge in [-0.25, -0.2) is 0 Å². The number of hydrogen-bond acceptors (Lipinski definition) is 0. The molecule has 0 heterocycles. The molecule has 0 atom stereocenters. The Labute approximate surface area is 148 Å². The summed E-state index contributed by atoms with van der Waals surface area (Å²) < 4.78 is 0. The summed E-state index contributed by atoms with van der Waals surface area (Å²) in [6, 6.07) is 0. The first-order chi connectivity index (χ1) is 9.36. The van der Waals surface area contributed by atoms with E-state index in [-0.39, 0.29) is 33.0 Å². The SMILES string of the molecule is CC(C)(C[NH-])C[NH-].CC(C)(C[NH-])C[NH-].CC(C)(C[NH-])C[NH-].[Co]. The first-order valence-corrected chi connectivity index (χ1v) is 7.24. The van der Waals surface area contributed by atoms with Crippen LogP contribution in [0, 0.1) is 16.2 Å². The molecule has 0 unspecified atom stereocenters. The van der Waals surface area contributed by atoms with E-state index in [4.69, 9.17) is 34.4 Å². The van der Waals surface area contributed by atoms with Crippen molar-refractivity contribution in [1.29, 1.82) is 0 Å². The van der Waals surface area contributed by atoms with Crippen molar-refractivity contribution < 1.29 is 16.8 Å². The second-order valence-corrected chi connectivity index (χ2v) is 7.55. The second kappa shape index (κ2) is 14.8. The Kier molecular flexibility index (Phi) is 20.3. The predicted molar refractivity (Wildman–Crippen MR) is 96.5 cm³/mol. The fraction of sp³-hybridized carbons (Fsp3) is 1.00. The monoisotopic (exact) mass is 359 g/mol. The molecule has 7 heteroatoms. The molecule has 0 saturated heterocycles. The van der Waals surface area contributed by atoms with Crippen LogP contribution in [0.15, 0.2) is 0 Å². The average molecular weight is 359 g/mol. The third-order valence-electron chi connectivity index (χ3n) is 2.87. The normalized spacial score (nSPS) is 11.5. The number of hydrogen-bond donors (Lipinski definition) is 0. The predicted octanol–water partition coefficient (Wildman–Crippen LogP) is 6.35. The summed E-state index contributed by atoms with van der Waals surface area (Å²) in [6.07, 6.45) is 0. The summed E-state index contributed by atoms with van der Waals surface area (Å²) in [7, 11) is 0. The van der Waals surface area contributed by atoms with Gasteiger partial charge in [-0.3, -0.25) is 0 Å². The second-order valence-electron chi connectivity index (χ2n) is 7.55. The molecule has 0 rings (SSSR count). The molecule has 0 amide bonds. The van der Waals surface area contributed by atoms with Gasteiger partial charge in [-0.2, -0.15) is 0 Å². The molecule has 1 radical (unpaired) electrons. The molecule has 0 aliphatic heterocycles. The van der Waals surface area contributed by atoms with Crippen molar-refractivity contribution in [2.24, 2.45) is 16.2 Å². The van der Waals surface area contributed by atoms with Gasteiger partial charge in [0.25, 0.3) is 0 Å². The topological polar surface area (TPSA) is 143 Å². The Bertz CT molecular complexity index is 176. The van der Waals surface area contributed by atoms with E-state index in [1.807, 2.05) is 41.5 Å². The van der Waals surface area contributed by atoms with E-state index in [0.29, 0.717) is 39.3 Å². The van der Waals surface area contributed by atoms with Crippen LogP contribution in [0.1, 0.15) is 41.5 Å². The molecule has 0 aromatic heterocycles. The van der Waals surface area contributed by atoms with Gasteiger partial charge in [-0.1, -0.05) is 57.8 Å². The molecule has 0 aromatic carbocycles. The number of rotatable bonds is 6. The zero-order valence-corrected chi connectivity index (χ0v) is 16.1. The van der Waals surface area contributed by atoms with E-state index >= 15 is 0 Å². The van der Waals surface area contributed by atoms with Crippen LogP contribution < -0.4 is 0 Å². The molecule has 0 aliphatic rings. The largest absolute Gasteiger partial charge is 0.677 e. The van der Waals surface area contributed by atoms with Crippen LogP contribution >= 0.6 is 0 Å². The Hall–Kier alpha value is 0.266. The van der Waals surface area contributed by atoms with Gasteiger partial charge in [0.2, 0.25) is 0 Å². The Balaban J connectivity index is -0.000000108. The summed E-state index contributed by atoms with van der Waals surface area (Å²) in [5, 5.41) is 0. The van der Waals surface area contributed by atoms with Crippen LogP contribution in [-0.4, -0.2) is 39.3 Å². The van der Waals surface area contributed by atoms with Crippen molar-refractivity contribution in [3.05, 3.63) is 34.4 Å². The molecule has 0 fully saturated rings. The zero-order valence-electron chi connectivity index (χ0n) is 15.1. The zero-order chi connectivity index (χ0) is 17.7. The molecule has 0 saturated carbocycles. The molecule has 6 nitrogen and oxygen atoms in total. The quantitative estimate of drug-likeness (QED) is 0.520. The van der Waals surface area contributed by atoms with Gasteiger partial charge < -0.3 is 34.4 Å². The molecular formula is C15H36CoN6-6. The van der Waals surface area contributed by atoms with Crippen LogP contribution in [-0.2, 0) is 16.8 Å². The molecule has 0 aliphatic carbocycles. The van der Waals surface area contributed by atoms with Gasteiger partial charge in [-0.05, 0) is 0 Å². The van der Waals surface area contributed by atoms with Crippen LogP contribution in [0.3, 0.4) is 0 Å². The van der Waals surface area contributed by atoms with Gasteiger partial charge in [0, 0.05) is 16.8 Å². The van der Waals surface area contributed by atoms with Crippen molar-refractivity contribution in [2.45, 2.75) is 41.5 Å². The summed E-state index contributed by atoms with van der Waals surface area (Å²) in [5.74, 6) is 0. The maximum atomic E-state index is 6.89. The Morgan fingerprint density at radius 1 is 0.409 bits per heavy atom. The molecule has 6 N–H and O–H groups in total. The van der Waals surface area contributed by atoms with Crippen molar-refractivity contribution in [1.82, 2.24) is 0 Å². The smallest absolute Gasteiger partial charge is 0 e. The standard InChI is InChI=1S/3C5H12N2.Co/c3*1-5(2,3-6)4-7;/h3*6-7H,3-4H2,1-2H3;/q3*-2;. The molecule has 22 heavy (non-hydrogen) atoms. The van der Waals surface area contributed by atoms with Gasteiger partial charge in [0.05, 0.1) is 0 Å². The minimum atomic E-state index is -0.0833. The van der Waals surface area contributed by atoms with Gasteiger partial charge in [-0.15, -0.1) is 39.3 Å². The number of nitrogens with one attached hydrogen (secondary N) is 6. The Morgan fingerprint density at radius 3 is 0.500 bits per heavy atom. The summed E-state index contributed by atoms with van der Waals surface area (Å²) in [5.41, 5.74) is 41.1. The van der Waals surface area contributed by atoms with Crippen LogP contribution in [0.25, 0.3) is 34.4 Å². The molecule has 0 spiro atoms. The minimum absolute atomic E-state index is 0. The molecular weight excluding hydrogens is 323 g/mol. The first kappa shape index (κ1) is 30.2. The Morgan fingerprint density at radius 2 is 0.500 bits per heavy atom. The average Bonchev–Trinajstić information content (AvgIpc) is 2.48. The van der Waals surface area contributed by atoms with E-state index in [1.54, 1.807) is 0 Å². The molecule has 0 aromatic rings.